The monoisotopic (exact) mass is 291 g/mol. The largest absolute Gasteiger partial charge is 0.320 e. The fraction of sp³-hybridized carbons (Fsp3) is 0.625. The van der Waals surface area contributed by atoms with Gasteiger partial charge in [-0.05, 0) is 52.0 Å². The fourth-order valence-corrected chi connectivity index (χ4v) is 3.60. The molecular weight excluding hydrogens is 266 g/mol. The molecule has 1 aliphatic rings. The first-order valence-corrected chi connectivity index (χ1v) is 8.18. The standard InChI is InChI=1S/C16H25N3S/c1-18(2)11-14-5-8-19(9-6-14)12-16-10-15(13-20-16)4-3-7-17/h10,13-14H,5-9,11-12,17H2,1-2H3. The zero-order chi connectivity index (χ0) is 14.4. The van der Waals surface area contributed by atoms with Gasteiger partial charge in [-0.25, -0.2) is 0 Å². The molecule has 1 aromatic rings. The van der Waals surface area contributed by atoms with E-state index in [0.717, 1.165) is 18.0 Å². The summed E-state index contributed by atoms with van der Waals surface area (Å²) in [6.07, 6.45) is 2.65. The van der Waals surface area contributed by atoms with Crippen molar-refractivity contribution in [1.29, 1.82) is 0 Å². The van der Waals surface area contributed by atoms with E-state index in [-0.39, 0.29) is 0 Å². The summed E-state index contributed by atoms with van der Waals surface area (Å²) >= 11 is 1.81. The number of hydrogen-bond donors (Lipinski definition) is 1. The molecule has 0 spiro atoms. The van der Waals surface area contributed by atoms with Crippen LogP contribution in [0.4, 0.5) is 0 Å². The molecule has 0 radical (unpaired) electrons. The van der Waals surface area contributed by atoms with Crippen LogP contribution in [0.3, 0.4) is 0 Å². The molecule has 1 fully saturated rings. The van der Waals surface area contributed by atoms with Crippen LogP contribution >= 0.6 is 11.3 Å². The Morgan fingerprint density at radius 3 is 2.80 bits per heavy atom. The summed E-state index contributed by atoms with van der Waals surface area (Å²) in [5.74, 6) is 6.88. The van der Waals surface area contributed by atoms with Gasteiger partial charge in [0.25, 0.3) is 0 Å². The Balaban J connectivity index is 1.79. The molecule has 110 valence electrons. The number of piperidine rings is 1. The van der Waals surface area contributed by atoms with Crippen LogP contribution in [-0.2, 0) is 6.54 Å². The SMILES string of the molecule is CN(C)CC1CCN(Cc2cc(C#CCN)cs2)CC1. The lowest BCUT2D eigenvalue weighted by Gasteiger charge is -2.32. The first-order valence-electron chi connectivity index (χ1n) is 7.31. The predicted molar refractivity (Wildman–Crippen MR) is 86.8 cm³/mol. The maximum atomic E-state index is 5.40. The van der Waals surface area contributed by atoms with Crippen molar-refractivity contribution in [2.24, 2.45) is 11.7 Å². The lowest BCUT2D eigenvalue weighted by molar-refractivity contribution is 0.158. The number of nitrogens with zero attached hydrogens (tertiary/aromatic N) is 2. The quantitative estimate of drug-likeness (QED) is 0.859. The molecule has 1 aromatic heterocycles. The van der Waals surface area contributed by atoms with E-state index in [1.165, 1.54) is 37.4 Å². The summed E-state index contributed by atoms with van der Waals surface area (Å²) in [4.78, 5) is 6.29. The molecule has 2 N–H and O–H groups in total. The van der Waals surface area contributed by atoms with Crippen molar-refractivity contribution < 1.29 is 0 Å². The zero-order valence-electron chi connectivity index (χ0n) is 12.6. The molecule has 2 heterocycles. The Morgan fingerprint density at radius 1 is 1.40 bits per heavy atom. The van der Waals surface area contributed by atoms with E-state index >= 15 is 0 Å². The maximum Gasteiger partial charge on any atom is 0.0555 e. The molecule has 4 heteroatoms. The van der Waals surface area contributed by atoms with Gasteiger partial charge in [0.1, 0.15) is 0 Å². The molecule has 0 unspecified atom stereocenters. The van der Waals surface area contributed by atoms with Crippen LogP contribution in [0.2, 0.25) is 0 Å². The predicted octanol–water partition coefficient (Wildman–Crippen LogP) is 1.83. The molecule has 1 aliphatic heterocycles. The number of thiophene rings is 1. The smallest absolute Gasteiger partial charge is 0.0555 e. The van der Waals surface area contributed by atoms with Gasteiger partial charge in [-0.2, -0.15) is 0 Å². The van der Waals surface area contributed by atoms with Crippen LogP contribution in [0.5, 0.6) is 0 Å². The molecule has 0 atom stereocenters. The van der Waals surface area contributed by atoms with Gasteiger partial charge in [0.05, 0.1) is 6.54 Å². The van der Waals surface area contributed by atoms with E-state index < -0.39 is 0 Å². The molecule has 0 aromatic carbocycles. The van der Waals surface area contributed by atoms with Crippen LogP contribution in [0.1, 0.15) is 23.3 Å². The van der Waals surface area contributed by atoms with Crippen LogP contribution in [0.15, 0.2) is 11.4 Å². The molecule has 20 heavy (non-hydrogen) atoms. The summed E-state index contributed by atoms with van der Waals surface area (Å²) in [5.41, 5.74) is 6.51. The van der Waals surface area contributed by atoms with Crippen molar-refractivity contribution in [3.63, 3.8) is 0 Å². The van der Waals surface area contributed by atoms with Gasteiger partial charge in [-0.15, -0.1) is 11.3 Å². The van der Waals surface area contributed by atoms with Gasteiger partial charge in [-0.1, -0.05) is 11.8 Å². The molecule has 2 rings (SSSR count). The van der Waals surface area contributed by atoms with Gasteiger partial charge in [0.2, 0.25) is 0 Å². The highest BCUT2D eigenvalue weighted by Gasteiger charge is 2.19. The minimum absolute atomic E-state index is 0.435. The molecular formula is C16H25N3S. The van der Waals surface area contributed by atoms with Crippen molar-refractivity contribution in [3.8, 4) is 11.8 Å². The average molecular weight is 291 g/mol. The number of nitrogens with two attached hydrogens (primary N) is 1. The van der Waals surface area contributed by atoms with E-state index in [0.29, 0.717) is 6.54 Å². The number of rotatable bonds is 4. The Bertz CT molecular complexity index is 462. The van der Waals surface area contributed by atoms with Crippen molar-refractivity contribution in [2.75, 3.05) is 40.3 Å². The van der Waals surface area contributed by atoms with Crippen LogP contribution in [-0.4, -0.2) is 50.1 Å². The third-order valence-corrected chi connectivity index (χ3v) is 4.62. The Labute approximate surface area is 126 Å². The highest BCUT2D eigenvalue weighted by atomic mass is 32.1. The van der Waals surface area contributed by atoms with E-state index in [4.69, 9.17) is 5.73 Å². The minimum atomic E-state index is 0.435. The molecule has 0 saturated carbocycles. The summed E-state index contributed by atoms with van der Waals surface area (Å²) in [7, 11) is 4.34. The second-order valence-electron chi connectivity index (χ2n) is 5.79. The summed E-state index contributed by atoms with van der Waals surface area (Å²) in [5, 5.41) is 2.14. The van der Waals surface area contributed by atoms with E-state index in [2.05, 4.69) is 47.2 Å². The van der Waals surface area contributed by atoms with Gasteiger partial charge in [0, 0.05) is 28.9 Å². The van der Waals surface area contributed by atoms with Crippen molar-refractivity contribution in [3.05, 3.63) is 21.9 Å². The average Bonchev–Trinajstić information content (AvgIpc) is 2.86. The van der Waals surface area contributed by atoms with Crippen LogP contribution < -0.4 is 5.73 Å². The van der Waals surface area contributed by atoms with Crippen LogP contribution in [0, 0.1) is 17.8 Å². The molecule has 0 amide bonds. The van der Waals surface area contributed by atoms with E-state index in [9.17, 15) is 0 Å². The lowest BCUT2D eigenvalue weighted by atomic mass is 9.96. The highest BCUT2D eigenvalue weighted by Crippen LogP contribution is 2.22. The van der Waals surface area contributed by atoms with E-state index in [1.54, 1.807) is 0 Å². The zero-order valence-corrected chi connectivity index (χ0v) is 13.4. The third kappa shape index (κ3) is 4.92. The molecule has 0 bridgehead atoms. The maximum absolute atomic E-state index is 5.40. The summed E-state index contributed by atoms with van der Waals surface area (Å²) in [6, 6.07) is 2.21. The first-order chi connectivity index (χ1) is 9.67. The van der Waals surface area contributed by atoms with Gasteiger partial charge < -0.3 is 10.6 Å². The topological polar surface area (TPSA) is 32.5 Å². The summed E-state index contributed by atoms with van der Waals surface area (Å²) in [6.45, 7) is 5.18. The number of likely N-dealkylation sites (tertiary alicyclic amines) is 1. The van der Waals surface area contributed by atoms with Crippen molar-refractivity contribution >= 4 is 11.3 Å². The lowest BCUT2D eigenvalue weighted by Crippen LogP contribution is -2.36. The first kappa shape index (κ1) is 15.5. The Morgan fingerprint density at radius 2 is 2.15 bits per heavy atom. The number of hydrogen-bond acceptors (Lipinski definition) is 4. The Hall–Kier alpha value is -0.860. The third-order valence-electron chi connectivity index (χ3n) is 3.70. The Kier molecular flexibility index (Phi) is 6.06. The van der Waals surface area contributed by atoms with E-state index in [1.807, 2.05) is 11.3 Å². The van der Waals surface area contributed by atoms with Crippen molar-refractivity contribution in [1.82, 2.24) is 9.80 Å². The minimum Gasteiger partial charge on any atom is -0.320 e. The van der Waals surface area contributed by atoms with Gasteiger partial charge in [-0.3, -0.25) is 4.90 Å². The fourth-order valence-electron chi connectivity index (χ4n) is 2.75. The normalized spacial score (nSPS) is 17.2. The molecule has 3 nitrogen and oxygen atoms in total. The van der Waals surface area contributed by atoms with Gasteiger partial charge in [0.15, 0.2) is 0 Å². The summed E-state index contributed by atoms with van der Waals surface area (Å²) < 4.78 is 0. The second-order valence-corrected chi connectivity index (χ2v) is 6.79. The van der Waals surface area contributed by atoms with Crippen molar-refractivity contribution in [2.45, 2.75) is 19.4 Å². The second kappa shape index (κ2) is 7.80. The van der Waals surface area contributed by atoms with Gasteiger partial charge >= 0.3 is 0 Å². The highest BCUT2D eigenvalue weighted by molar-refractivity contribution is 7.10. The van der Waals surface area contributed by atoms with Crippen LogP contribution in [0.25, 0.3) is 0 Å². The molecule has 1 saturated heterocycles. The molecule has 0 aliphatic carbocycles.